The van der Waals surface area contributed by atoms with E-state index in [0.29, 0.717) is 58.7 Å². The zero-order chi connectivity index (χ0) is 47.4. The van der Waals surface area contributed by atoms with Crippen molar-refractivity contribution in [2.45, 2.75) is 290 Å². The molecule has 386 valence electrons. The lowest BCUT2D eigenvalue weighted by atomic mass is 10.0. The molecule has 0 bridgehead atoms. The van der Waals surface area contributed by atoms with Crippen LogP contribution >= 0.6 is 0 Å². The van der Waals surface area contributed by atoms with Crippen molar-refractivity contribution < 1.29 is 28.6 Å². The van der Waals surface area contributed by atoms with Gasteiger partial charge in [0.15, 0.2) is 0 Å². The number of hydrogen-bond acceptors (Lipinski definition) is 8. The van der Waals surface area contributed by atoms with Gasteiger partial charge in [-0.2, -0.15) is 0 Å². The van der Waals surface area contributed by atoms with E-state index in [1.165, 1.54) is 205 Å². The predicted octanol–water partition coefficient (Wildman–Crippen LogP) is 16.3. The second-order valence-electron chi connectivity index (χ2n) is 19.8. The lowest BCUT2D eigenvalue weighted by molar-refractivity contribution is -0.145. The first-order chi connectivity index (χ1) is 31.9. The van der Waals surface area contributed by atoms with Gasteiger partial charge in [-0.1, -0.05) is 245 Å². The molecule has 0 atom stereocenters. The molecule has 0 N–H and O–H groups in total. The fraction of sp³-hybridized carbons (Fsp3) is 0.947. The van der Waals surface area contributed by atoms with Gasteiger partial charge in [-0.25, -0.2) is 0 Å². The van der Waals surface area contributed by atoms with Gasteiger partial charge in [0.2, 0.25) is 0 Å². The zero-order valence-corrected chi connectivity index (χ0v) is 44.2. The summed E-state index contributed by atoms with van der Waals surface area (Å²) in [5.41, 5.74) is 0. The van der Waals surface area contributed by atoms with Crippen LogP contribution in [-0.2, 0) is 28.6 Å². The molecule has 0 spiro atoms. The van der Waals surface area contributed by atoms with Crippen molar-refractivity contribution in [3.63, 3.8) is 0 Å². The smallest absolute Gasteiger partial charge is 0.307 e. The van der Waals surface area contributed by atoms with Crippen molar-refractivity contribution in [3.8, 4) is 0 Å². The third kappa shape index (κ3) is 51.6. The topological polar surface area (TPSA) is 85.4 Å². The molecule has 0 aromatic rings. The Morgan fingerprint density at radius 2 is 0.508 bits per heavy atom. The Labute approximate surface area is 405 Å². The Balaban J connectivity index is 4.36. The van der Waals surface area contributed by atoms with Crippen molar-refractivity contribution in [2.24, 2.45) is 0 Å². The normalized spacial score (nSPS) is 11.5. The molecule has 0 aromatic heterocycles. The van der Waals surface area contributed by atoms with Gasteiger partial charge in [0, 0.05) is 19.6 Å². The van der Waals surface area contributed by atoms with Gasteiger partial charge in [-0.15, -0.1) is 0 Å². The van der Waals surface area contributed by atoms with E-state index in [-0.39, 0.29) is 17.9 Å². The highest BCUT2D eigenvalue weighted by molar-refractivity contribution is 5.70. The molecule has 65 heavy (non-hydrogen) atoms. The first-order valence-electron chi connectivity index (χ1n) is 28.8. The highest BCUT2D eigenvalue weighted by Gasteiger charge is 2.14. The Morgan fingerprint density at radius 1 is 0.277 bits per heavy atom. The SMILES string of the molecule is CCCCCCCCCCCCCCCOC(=O)CCN(CCCN(C)CCC(=O)OCCCCCCCCCCCCCC)CCC(=O)OCCCCCCCCCCCCCCC. The fourth-order valence-electron chi connectivity index (χ4n) is 8.75. The first-order valence-corrected chi connectivity index (χ1v) is 28.8. The number of hydrogen-bond donors (Lipinski definition) is 0. The van der Waals surface area contributed by atoms with Crippen molar-refractivity contribution in [1.82, 2.24) is 9.80 Å². The third-order valence-corrected chi connectivity index (χ3v) is 13.3. The fourth-order valence-corrected chi connectivity index (χ4v) is 8.75. The highest BCUT2D eigenvalue weighted by atomic mass is 16.5. The lowest BCUT2D eigenvalue weighted by Crippen LogP contribution is -2.33. The molecule has 0 aliphatic rings. The summed E-state index contributed by atoms with van der Waals surface area (Å²) in [6, 6.07) is 0. The van der Waals surface area contributed by atoms with Gasteiger partial charge in [-0.05, 0) is 45.8 Å². The Morgan fingerprint density at radius 3 is 0.769 bits per heavy atom. The van der Waals surface area contributed by atoms with Crippen LogP contribution in [0.4, 0.5) is 0 Å². The molecule has 0 heterocycles. The summed E-state index contributed by atoms with van der Waals surface area (Å²) in [5, 5.41) is 0. The van der Waals surface area contributed by atoms with Gasteiger partial charge < -0.3 is 24.0 Å². The van der Waals surface area contributed by atoms with Crippen LogP contribution in [0.1, 0.15) is 290 Å². The molecule has 0 saturated carbocycles. The second-order valence-corrected chi connectivity index (χ2v) is 19.8. The van der Waals surface area contributed by atoms with E-state index in [4.69, 9.17) is 14.2 Å². The Kier molecular flexibility index (Phi) is 51.9. The molecule has 0 amide bonds. The van der Waals surface area contributed by atoms with Crippen LogP contribution in [0.5, 0.6) is 0 Å². The van der Waals surface area contributed by atoms with Crippen LogP contribution in [-0.4, -0.2) is 87.3 Å². The number of carbonyl (C=O) groups is 3. The average Bonchev–Trinajstić information content (AvgIpc) is 3.30. The number of unbranched alkanes of at least 4 members (excludes halogenated alkanes) is 35. The number of nitrogens with zero attached hydrogens (tertiary/aromatic N) is 2. The van der Waals surface area contributed by atoms with E-state index in [0.717, 1.165) is 58.0 Å². The monoisotopic (exact) mass is 921 g/mol. The van der Waals surface area contributed by atoms with Gasteiger partial charge in [-0.3, -0.25) is 14.4 Å². The van der Waals surface area contributed by atoms with Gasteiger partial charge in [0.05, 0.1) is 39.1 Å². The van der Waals surface area contributed by atoms with E-state index >= 15 is 0 Å². The summed E-state index contributed by atoms with van der Waals surface area (Å²) in [6.07, 6.45) is 51.2. The summed E-state index contributed by atoms with van der Waals surface area (Å²) in [4.78, 5) is 42.2. The minimum absolute atomic E-state index is 0.115. The standard InChI is InChI=1S/C57H112N2O6/c1-5-8-11-14-17-20-23-26-29-32-35-38-41-53-64-56(61)45-50-59(51-46-57(62)65-54-42-39-36-33-30-27-24-21-18-15-12-9-6-2)48-43-47-58(4)49-44-55(60)63-52-40-37-34-31-28-25-22-19-16-13-10-7-3/h5-54H2,1-4H3. The van der Waals surface area contributed by atoms with Crippen LogP contribution in [0.25, 0.3) is 0 Å². The van der Waals surface area contributed by atoms with Crippen molar-refractivity contribution >= 4 is 17.9 Å². The Bertz CT molecular complexity index is 947. The van der Waals surface area contributed by atoms with Gasteiger partial charge in [0.1, 0.15) is 0 Å². The number of esters is 3. The average molecular weight is 922 g/mol. The maximum Gasteiger partial charge on any atom is 0.307 e. The molecule has 8 nitrogen and oxygen atoms in total. The molecular formula is C57H112N2O6. The molecule has 0 fully saturated rings. The van der Waals surface area contributed by atoms with Crippen LogP contribution in [0.2, 0.25) is 0 Å². The molecule has 0 rings (SSSR count). The molecule has 8 heteroatoms. The van der Waals surface area contributed by atoms with Crippen LogP contribution in [0.15, 0.2) is 0 Å². The Hall–Kier alpha value is -1.67. The van der Waals surface area contributed by atoms with Crippen molar-refractivity contribution in [2.75, 3.05) is 59.6 Å². The maximum atomic E-state index is 12.7. The summed E-state index contributed by atoms with van der Waals surface area (Å²) in [6.45, 7) is 11.7. The number of ether oxygens (including phenoxy) is 3. The van der Waals surface area contributed by atoms with Gasteiger partial charge in [0.25, 0.3) is 0 Å². The van der Waals surface area contributed by atoms with E-state index in [9.17, 15) is 14.4 Å². The zero-order valence-electron chi connectivity index (χ0n) is 44.2. The molecule has 0 aromatic carbocycles. The maximum absolute atomic E-state index is 12.7. The van der Waals surface area contributed by atoms with Gasteiger partial charge >= 0.3 is 17.9 Å². The van der Waals surface area contributed by atoms with E-state index in [1.54, 1.807) is 0 Å². The van der Waals surface area contributed by atoms with E-state index in [2.05, 4.69) is 30.6 Å². The van der Waals surface area contributed by atoms with Crippen molar-refractivity contribution in [3.05, 3.63) is 0 Å². The summed E-state index contributed by atoms with van der Waals surface area (Å²) in [5.74, 6) is -0.424. The number of rotatable bonds is 54. The molecule has 0 radical (unpaired) electrons. The highest BCUT2D eigenvalue weighted by Crippen LogP contribution is 2.15. The molecule has 0 saturated heterocycles. The largest absolute Gasteiger partial charge is 0.466 e. The van der Waals surface area contributed by atoms with Crippen LogP contribution in [0.3, 0.4) is 0 Å². The lowest BCUT2D eigenvalue weighted by Gasteiger charge is -2.23. The van der Waals surface area contributed by atoms with Crippen molar-refractivity contribution in [1.29, 1.82) is 0 Å². The summed E-state index contributed by atoms with van der Waals surface area (Å²) < 4.78 is 16.8. The molecule has 0 aliphatic heterocycles. The third-order valence-electron chi connectivity index (χ3n) is 13.3. The van der Waals surface area contributed by atoms with E-state index < -0.39 is 0 Å². The first kappa shape index (κ1) is 63.3. The molecular weight excluding hydrogens is 809 g/mol. The summed E-state index contributed by atoms with van der Waals surface area (Å²) in [7, 11) is 2.05. The van der Waals surface area contributed by atoms with Crippen LogP contribution in [0, 0.1) is 0 Å². The second kappa shape index (κ2) is 53.3. The van der Waals surface area contributed by atoms with E-state index in [1.807, 2.05) is 7.05 Å². The number of carbonyl (C=O) groups excluding carboxylic acids is 3. The predicted molar refractivity (Wildman–Crippen MR) is 278 cm³/mol. The van der Waals surface area contributed by atoms with Crippen LogP contribution < -0.4 is 0 Å². The molecule has 0 aliphatic carbocycles. The molecule has 0 unspecified atom stereocenters. The quantitative estimate of drug-likeness (QED) is 0.0339. The minimum atomic E-state index is -0.155. The summed E-state index contributed by atoms with van der Waals surface area (Å²) >= 11 is 0. The minimum Gasteiger partial charge on any atom is -0.466 e.